The van der Waals surface area contributed by atoms with Gasteiger partial charge < -0.3 is 0 Å². The molecule has 0 saturated carbocycles. The lowest BCUT2D eigenvalue weighted by atomic mass is 10.2. The normalized spacial score (nSPS) is 18.0. The van der Waals surface area contributed by atoms with Gasteiger partial charge in [-0.3, -0.25) is 0 Å². The lowest BCUT2D eigenvalue weighted by molar-refractivity contribution is 0.347. The first-order valence-corrected chi connectivity index (χ1v) is 8.42. The van der Waals surface area contributed by atoms with Crippen LogP contribution in [0.1, 0.15) is 12.0 Å². The first-order valence-electron chi connectivity index (χ1n) is 5.70. The molecular weight excluding hydrogens is 296 g/mol. The standard InChI is InChI=1S/C13H12N2O3S2/c1-11-2-4-13(5-3-11)20(16,17)18-15-19-9-7-12(10-19)6-8-14/h2-5,7,9-10H,6H2,1H3. The van der Waals surface area contributed by atoms with Crippen molar-refractivity contribution in [2.75, 3.05) is 0 Å². The second-order valence-electron chi connectivity index (χ2n) is 4.09. The van der Waals surface area contributed by atoms with Crippen LogP contribution in [-0.4, -0.2) is 8.42 Å². The van der Waals surface area contributed by atoms with Crippen molar-refractivity contribution in [1.29, 1.82) is 5.26 Å². The molecule has 0 N–H and O–H groups in total. The molecule has 1 unspecified atom stereocenters. The quantitative estimate of drug-likeness (QED) is 0.801. The van der Waals surface area contributed by atoms with E-state index in [1.165, 1.54) is 12.1 Å². The lowest BCUT2D eigenvalue weighted by Gasteiger charge is -2.01. The predicted molar refractivity (Wildman–Crippen MR) is 76.7 cm³/mol. The van der Waals surface area contributed by atoms with Crippen LogP contribution in [0.15, 0.2) is 56.2 Å². The van der Waals surface area contributed by atoms with E-state index in [1.54, 1.807) is 29.0 Å². The molecule has 0 bridgehead atoms. The summed E-state index contributed by atoms with van der Waals surface area (Å²) in [6.07, 6.45) is 2.03. The summed E-state index contributed by atoms with van der Waals surface area (Å²) in [4.78, 5) is 0.0693. The van der Waals surface area contributed by atoms with Crippen molar-refractivity contribution in [3.05, 3.63) is 52.3 Å². The Kier molecular flexibility index (Phi) is 4.49. The van der Waals surface area contributed by atoms with Gasteiger partial charge in [0.25, 0.3) is 0 Å². The second kappa shape index (κ2) is 6.13. The van der Waals surface area contributed by atoms with Crippen molar-refractivity contribution in [2.45, 2.75) is 18.2 Å². The summed E-state index contributed by atoms with van der Waals surface area (Å²) in [5.41, 5.74) is 1.78. The predicted octanol–water partition coefficient (Wildman–Crippen LogP) is 2.74. The maximum absolute atomic E-state index is 11.9. The van der Waals surface area contributed by atoms with Crippen molar-refractivity contribution in [3.8, 4) is 6.07 Å². The molecule has 1 atom stereocenters. The molecule has 1 heterocycles. The molecule has 0 aliphatic carbocycles. The van der Waals surface area contributed by atoms with Gasteiger partial charge >= 0.3 is 10.1 Å². The summed E-state index contributed by atoms with van der Waals surface area (Å²) >= 11 is 0. The van der Waals surface area contributed by atoms with Gasteiger partial charge in [-0.15, -0.1) is 4.28 Å². The Morgan fingerprint density at radius 3 is 2.70 bits per heavy atom. The van der Waals surface area contributed by atoms with Gasteiger partial charge in [-0.05, 0) is 52.2 Å². The Labute approximate surface area is 120 Å². The number of nitriles is 1. The van der Waals surface area contributed by atoms with E-state index in [2.05, 4.69) is 4.53 Å². The number of benzene rings is 1. The number of aryl methyl sites for hydroxylation is 1. The highest BCUT2D eigenvalue weighted by atomic mass is 32.2. The summed E-state index contributed by atoms with van der Waals surface area (Å²) in [6, 6.07) is 8.36. The largest absolute Gasteiger partial charge is 0.319 e. The lowest BCUT2D eigenvalue weighted by Crippen LogP contribution is -2.02. The monoisotopic (exact) mass is 308 g/mol. The molecule has 1 aromatic rings. The first kappa shape index (κ1) is 14.7. The van der Waals surface area contributed by atoms with Crippen LogP contribution in [0.25, 0.3) is 0 Å². The molecule has 0 aromatic heterocycles. The van der Waals surface area contributed by atoms with Crippen LogP contribution < -0.4 is 0 Å². The van der Waals surface area contributed by atoms with Crippen LogP contribution in [-0.2, 0) is 25.1 Å². The van der Waals surface area contributed by atoms with Crippen molar-refractivity contribution < 1.29 is 12.7 Å². The van der Waals surface area contributed by atoms with Gasteiger partial charge in [0.15, 0.2) is 0 Å². The fraction of sp³-hybridized carbons (Fsp3) is 0.154. The minimum Gasteiger partial charge on any atom is -0.198 e. The van der Waals surface area contributed by atoms with E-state index in [1.807, 2.05) is 13.0 Å². The average Bonchev–Trinajstić information content (AvgIpc) is 2.85. The van der Waals surface area contributed by atoms with E-state index >= 15 is 0 Å². The van der Waals surface area contributed by atoms with Gasteiger partial charge in [-0.25, -0.2) is 0 Å². The molecule has 2 rings (SSSR count). The minimum atomic E-state index is -3.88. The van der Waals surface area contributed by atoms with Crippen LogP contribution in [0, 0.1) is 18.3 Å². The van der Waals surface area contributed by atoms with Crippen molar-refractivity contribution in [3.63, 3.8) is 0 Å². The fourth-order valence-corrected chi connectivity index (χ4v) is 3.57. The molecule has 20 heavy (non-hydrogen) atoms. The molecule has 1 aromatic carbocycles. The smallest absolute Gasteiger partial charge is 0.198 e. The molecule has 0 saturated heterocycles. The molecule has 5 nitrogen and oxygen atoms in total. The zero-order valence-corrected chi connectivity index (χ0v) is 12.3. The summed E-state index contributed by atoms with van der Waals surface area (Å²) in [6.45, 7) is 1.87. The minimum absolute atomic E-state index is 0.0693. The van der Waals surface area contributed by atoms with Crippen molar-refractivity contribution in [1.82, 2.24) is 0 Å². The van der Waals surface area contributed by atoms with Crippen molar-refractivity contribution >= 4 is 20.8 Å². The highest BCUT2D eigenvalue weighted by molar-refractivity contribution is 7.93. The van der Waals surface area contributed by atoms with E-state index in [-0.39, 0.29) is 11.3 Å². The van der Waals surface area contributed by atoms with Gasteiger partial charge in [0, 0.05) is 0 Å². The maximum atomic E-state index is 11.9. The summed E-state index contributed by atoms with van der Waals surface area (Å²) in [5.74, 6) is 0. The Balaban J connectivity index is 2.13. The van der Waals surface area contributed by atoms with Crippen LogP contribution in [0.4, 0.5) is 0 Å². The SMILES string of the molecule is Cc1ccc(S(=O)(=O)ON=S2C=CC(CC#N)=C2)cc1. The van der Waals surface area contributed by atoms with Gasteiger partial charge in [-0.2, -0.15) is 13.7 Å². The zero-order valence-electron chi connectivity index (χ0n) is 10.7. The third kappa shape index (κ3) is 3.63. The van der Waals surface area contributed by atoms with Crippen LogP contribution >= 0.6 is 0 Å². The zero-order chi connectivity index (χ0) is 14.6. The van der Waals surface area contributed by atoms with E-state index in [0.29, 0.717) is 0 Å². The number of allylic oxidation sites excluding steroid dienone is 2. The highest BCUT2D eigenvalue weighted by Gasteiger charge is 2.15. The molecule has 1 aliphatic rings. The highest BCUT2D eigenvalue weighted by Crippen LogP contribution is 2.18. The second-order valence-corrected chi connectivity index (χ2v) is 6.97. The van der Waals surface area contributed by atoms with E-state index in [0.717, 1.165) is 11.1 Å². The average molecular weight is 308 g/mol. The van der Waals surface area contributed by atoms with Crippen LogP contribution in [0.2, 0.25) is 0 Å². The third-order valence-electron chi connectivity index (χ3n) is 2.50. The van der Waals surface area contributed by atoms with E-state index < -0.39 is 20.8 Å². The Hall–Kier alpha value is -1.75. The van der Waals surface area contributed by atoms with Gasteiger partial charge in [0.2, 0.25) is 0 Å². The van der Waals surface area contributed by atoms with Gasteiger partial charge in [0.05, 0.1) is 17.4 Å². The molecule has 0 amide bonds. The fourth-order valence-electron chi connectivity index (χ4n) is 1.45. The molecule has 7 heteroatoms. The summed E-state index contributed by atoms with van der Waals surface area (Å²) in [5, 5.41) is 12.0. The van der Waals surface area contributed by atoms with Crippen molar-refractivity contribution in [2.24, 2.45) is 4.53 Å². The number of hydrogen-bond donors (Lipinski definition) is 0. The van der Waals surface area contributed by atoms with Crippen LogP contribution in [0.3, 0.4) is 0 Å². The Bertz CT molecular complexity index is 739. The number of nitrogens with zero attached hydrogens (tertiary/aromatic N) is 2. The topological polar surface area (TPSA) is 79.5 Å². The summed E-state index contributed by atoms with van der Waals surface area (Å²) in [7, 11) is -4.64. The first-order chi connectivity index (χ1) is 9.51. The van der Waals surface area contributed by atoms with Crippen LogP contribution in [0.5, 0.6) is 0 Å². The summed E-state index contributed by atoms with van der Waals surface area (Å²) < 4.78 is 32.2. The third-order valence-corrected chi connectivity index (χ3v) is 4.92. The molecule has 0 radical (unpaired) electrons. The molecule has 1 aliphatic heterocycles. The number of rotatable bonds is 4. The molecule has 0 spiro atoms. The molecular formula is C13H12N2O3S2. The maximum Gasteiger partial charge on any atom is 0.319 e. The van der Waals surface area contributed by atoms with E-state index in [9.17, 15) is 8.42 Å². The van der Waals surface area contributed by atoms with Gasteiger partial charge in [0.1, 0.15) is 0 Å². The molecule has 0 fully saturated rings. The molecule has 104 valence electrons. The Morgan fingerprint density at radius 1 is 1.35 bits per heavy atom. The number of hydrogen-bond acceptors (Lipinski definition) is 5. The van der Waals surface area contributed by atoms with Gasteiger partial charge in [-0.1, -0.05) is 22.2 Å². The Morgan fingerprint density at radius 2 is 2.05 bits per heavy atom. The van der Waals surface area contributed by atoms with E-state index in [4.69, 9.17) is 9.55 Å².